The van der Waals surface area contributed by atoms with Gasteiger partial charge in [-0.05, 0) is 39.4 Å². The molecule has 0 amide bonds. The molecule has 0 saturated carbocycles. The van der Waals surface area contributed by atoms with Crippen LogP contribution in [0, 0.1) is 0 Å². The van der Waals surface area contributed by atoms with Crippen molar-refractivity contribution in [2.24, 2.45) is 0 Å². The Balaban J connectivity index is 3.91. The van der Waals surface area contributed by atoms with Crippen LogP contribution in [0.2, 0.25) is 0 Å². The first-order chi connectivity index (χ1) is 4.83. The second-order valence-electron chi connectivity index (χ2n) is 2.22. The summed E-state index contributed by atoms with van der Waals surface area (Å²) in [6.07, 6.45) is 0. The van der Waals surface area contributed by atoms with E-state index in [1.165, 1.54) is 0 Å². The molecule has 0 unspecified atom stereocenters. The molecule has 0 saturated heterocycles. The van der Waals surface area contributed by atoms with Crippen LogP contribution in [0.3, 0.4) is 0 Å². The van der Waals surface area contributed by atoms with Crippen molar-refractivity contribution in [3.8, 4) is 0 Å². The average Bonchev–Trinajstić information content (AvgIpc) is 1.53. The zero-order valence-electron chi connectivity index (χ0n) is 6.94. The van der Waals surface area contributed by atoms with Gasteiger partial charge in [-0.15, -0.1) is 0 Å². The van der Waals surface area contributed by atoms with E-state index < -0.39 is 4.90 Å². The topological polar surface area (TPSA) is 23.6 Å². The molecule has 0 aromatic heterocycles. The Kier molecular flexibility index (Phi) is 5.51. The van der Waals surface area contributed by atoms with E-state index in [4.69, 9.17) is 11.2 Å². The highest BCUT2D eigenvalue weighted by Crippen LogP contribution is 2.73. The normalized spacial score (nSPS) is 13.0. The van der Waals surface area contributed by atoms with Crippen molar-refractivity contribution in [1.82, 2.24) is 8.61 Å². The molecule has 0 spiro atoms. The van der Waals surface area contributed by atoms with Crippen molar-refractivity contribution in [1.29, 1.82) is 0 Å². The second kappa shape index (κ2) is 5.00. The van der Waals surface area contributed by atoms with E-state index in [9.17, 15) is 4.57 Å². The number of nitrogens with zero attached hydrogens (tertiary/aromatic N) is 2. The third-order valence-electron chi connectivity index (χ3n) is 0.522. The maximum absolute atomic E-state index is 11.4. The zero-order valence-corrected chi connectivity index (χ0v) is 10.2. The second-order valence-corrected chi connectivity index (χ2v) is 12.3. The van der Waals surface area contributed by atoms with Gasteiger partial charge in [0.05, 0.1) is 0 Å². The fourth-order valence-corrected chi connectivity index (χ4v) is 8.54. The predicted octanol–water partition coefficient (Wildman–Crippen LogP) is 2.75. The molecule has 11 heavy (non-hydrogen) atoms. The van der Waals surface area contributed by atoms with Gasteiger partial charge in [-0.1, -0.05) is 0 Å². The minimum atomic E-state index is -2.65. The molecule has 0 fully saturated rings. The molecule has 0 heterocycles. The molecule has 0 aliphatic carbocycles. The van der Waals surface area contributed by atoms with Crippen LogP contribution in [-0.2, 0) is 4.57 Å². The van der Waals surface area contributed by atoms with Gasteiger partial charge in [-0.3, -0.25) is 4.57 Å². The van der Waals surface area contributed by atoms with Crippen molar-refractivity contribution < 1.29 is 4.57 Å². The fraction of sp³-hybridized carbons (Fsp3) is 1.00. The molecule has 0 N–H and O–H groups in total. The Morgan fingerprint density at radius 2 is 1.36 bits per heavy atom. The van der Waals surface area contributed by atoms with Crippen LogP contribution in [0.15, 0.2) is 0 Å². The van der Waals surface area contributed by atoms with Crippen molar-refractivity contribution in [2.45, 2.75) is 0 Å². The smallest absolute Gasteiger partial charge is 0.280 e. The summed E-state index contributed by atoms with van der Waals surface area (Å²) in [5, 5.41) is 0. The van der Waals surface area contributed by atoms with Gasteiger partial charge in [0.15, 0.2) is 0 Å². The Labute approximate surface area is 80.8 Å². The summed E-state index contributed by atoms with van der Waals surface area (Å²) in [7, 11) is 7.26. The number of halogens is 1. The summed E-state index contributed by atoms with van der Waals surface area (Å²) in [5.74, 6) is 0. The Hall–Kier alpha value is 1.14. The number of hydrogen-bond acceptors (Lipinski definition) is 5. The Bertz CT molecular complexity index is 152. The van der Waals surface area contributed by atoms with E-state index in [-0.39, 0.29) is 0 Å². The zero-order chi connectivity index (χ0) is 9.07. The summed E-state index contributed by atoms with van der Waals surface area (Å²) in [6.45, 7) is 0. The highest BCUT2D eigenvalue weighted by atomic mass is 35.7. The molecule has 0 aromatic carbocycles. The van der Waals surface area contributed by atoms with E-state index in [0.29, 0.717) is 0 Å². The standard InChI is InChI=1S/C4H12ClN2OPS2/c1-6(2)10-9(5,8)11-7(3)4/h1-4H3. The first-order valence-corrected chi connectivity index (χ1v) is 8.24. The average molecular weight is 235 g/mol. The summed E-state index contributed by atoms with van der Waals surface area (Å²) >= 11 is 8.05. The number of hydrogen-bond donors (Lipinski definition) is 0. The van der Waals surface area contributed by atoms with E-state index in [1.54, 1.807) is 8.61 Å². The SMILES string of the molecule is CN(C)SP(=O)(Cl)SN(C)C. The monoisotopic (exact) mass is 234 g/mol. The van der Waals surface area contributed by atoms with Crippen LogP contribution in [0.1, 0.15) is 0 Å². The van der Waals surface area contributed by atoms with E-state index in [0.717, 1.165) is 23.1 Å². The lowest BCUT2D eigenvalue weighted by atomic mass is 11.3. The minimum Gasteiger partial charge on any atom is -0.280 e. The van der Waals surface area contributed by atoms with Gasteiger partial charge < -0.3 is 0 Å². The number of rotatable bonds is 4. The molecule has 7 heteroatoms. The molecule has 0 aromatic rings. The highest BCUT2D eigenvalue weighted by Gasteiger charge is 2.23. The summed E-state index contributed by atoms with van der Waals surface area (Å²) in [6, 6.07) is 0. The third-order valence-corrected chi connectivity index (χ3v) is 7.01. The largest absolute Gasteiger partial charge is 0.304 e. The molecule has 0 aliphatic heterocycles. The van der Waals surface area contributed by atoms with Gasteiger partial charge in [-0.25, -0.2) is 8.61 Å². The fourth-order valence-electron chi connectivity index (χ4n) is 0.405. The highest BCUT2D eigenvalue weighted by molar-refractivity contribution is 8.95. The third kappa shape index (κ3) is 7.50. The van der Waals surface area contributed by atoms with Gasteiger partial charge in [-0.2, -0.15) is 0 Å². The molecule has 0 aliphatic rings. The van der Waals surface area contributed by atoms with Crippen molar-refractivity contribution in [3.05, 3.63) is 0 Å². The van der Waals surface area contributed by atoms with Crippen LogP contribution in [0.25, 0.3) is 0 Å². The first kappa shape index (κ1) is 12.1. The molecular formula is C4H12ClN2OPS2. The molecular weight excluding hydrogens is 223 g/mol. The quantitative estimate of drug-likeness (QED) is 0.550. The van der Waals surface area contributed by atoms with Gasteiger partial charge in [0.2, 0.25) is 0 Å². The van der Waals surface area contributed by atoms with Crippen LogP contribution in [0.4, 0.5) is 0 Å². The summed E-state index contributed by atoms with van der Waals surface area (Å²) < 4.78 is 14.9. The van der Waals surface area contributed by atoms with E-state index in [2.05, 4.69) is 0 Å². The van der Waals surface area contributed by atoms with Gasteiger partial charge in [0.25, 0.3) is 0 Å². The van der Waals surface area contributed by atoms with Crippen LogP contribution < -0.4 is 0 Å². The maximum atomic E-state index is 11.4. The predicted molar refractivity (Wildman–Crippen MR) is 56.0 cm³/mol. The lowest BCUT2D eigenvalue weighted by Crippen LogP contribution is -2.00. The van der Waals surface area contributed by atoms with Crippen LogP contribution in [-0.4, -0.2) is 36.8 Å². The van der Waals surface area contributed by atoms with Crippen molar-refractivity contribution in [3.63, 3.8) is 0 Å². The van der Waals surface area contributed by atoms with Crippen molar-refractivity contribution >= 4 is 39.3 Å². The van der Waals surface area contributed by atoms with Gasteiger partial charge in [0, 0.05) is 23.1 Å². The van der Waals surface area contributed by atoms with E-state index in [1.807, 2.05) is 28.2 Å². The van der Waals surface area contributed by atoms with Crippen LogP contribution in [0.5, 0.6) is 0 Å². The lowest BCUT2D eigenvalue weighted by Gasteiger charge is -2.16. The lowest BCUT2D eigenvalue weighted by molar-refractivity contribution is 0.597. The maximum Gasteiger partial charge on any atom is 0.304 e. The molecule has 0 bridgehead atoms. The molecule has 0 radical (unpaired) electrons. The van der Waals surface area contributed by atoms with Crippen molar-refractivity contribution in [2.75, 3.05) is 28.2 Å². The minimum absolute atomic E-state index is 1.16. The summed E-state index contributed by atoms with van der Waals surface area (Å²) in [4.78, 5) is -2.65. The molecule has 68 valence electrons. The summed E-state index contributed by atoms with van der Waals surface area (Å²) in [5.41, 5.74) is 0. The Morgan fingerprint density at radius 1 is 1.09 bits per heavy atom. The van der Waals surface area contributed by atoms with Crippen LogP contribution >= 0.6 is 39.3 Å². The Morgan fingerprint density at radius 3 is 1.55 bits per heavy atom. The first-order valence-electron chi connectivity index (χ1n) is 2.87. The van der Waals surface area contributed by atoms with Gasteiger partial charge in [0.1, 0.15) is 0 Å². The molecule has 3 nitrogen and oxygen atoms in total. The molecule has 0 rings (SSSR count). The van der Waals surface area contributed by atoms with Gasteiger partial charge >= 0.3 is 4.90 Å². The molecule has 0 atom stereocenters. The van der Waals surface area contributed by atoms with E-state index >= 15 is 0 Å².